The molecule has 0 radical (unpaired) electrons. The van der Waals surface area contributed by atoms with Crippen LogP contribution in [0.4, 0.5) is 4.79 Å². The van der Waals surface area contributed by atoms with Gasteiger partial charge in [-0.15, -0.1) is 0 Å². The molecular weight excluding hydrogens is 424 g/mol. The molecule has 2 heterocycles. The number of nitrogens with zero attached hydrogens (tertiary/aromatic N) is 4. The van der Waals surface area contributed by atoms with Crippen LogP contribution in [0.15, 0.2) is 38.8 Å². The number of halogens is 1. The molecule has 0 aromatic heterocycles. The van der Waals surface area contributed by atoms with E-state index in [9.17, 15) is 9.59 Å². The van der Waals surface area contributed by atoms with Gasteiger partial charge < -0.3 is 9.80 Å². The molecule has 1 aromatic carbocycles. The van der Waals surface area contributed by atoms with Crippen molar-refractivity contribution in [3.05, 3.63) is 34.3 Å². The van der Waals surface area contributed by atoms with E-state index in [4.69, 9.17) is 0 Å². The standard InChI is InChI=1S/C19H25BrN6O2/c1-11(2)9-10-26-15-16(25(4)19(28)22-17(15)27)21-18(26)24-23-12(3)13-5-7-14(20)8-6-13/h5-8,11,15-16H,9-10H2,1-4H3,(H,21,24)(H,22,27,28)/b23-12+. The average molecular weight is 449 g/mol. The van der Waals surface area contributed by atoms with E-state index >= 15 is 0 Å². The number of fused-ring (bicyclic) bond motifs is 1. The highest BCUT2D eigenvalue weighted by atomic mass is 79.9. The van der Waals surface area contributed by atoms with E-state index < -0.39 is 18.2 Å². The second kappa shape index (κ2) is 8.30. The summed E-state index contributed by atoms with van der Waals surface area (Å²) >= 11 is 3.42. The highest BCUT2D eigenvalue weighted by Gasteiger charge is 2.48. The van der Waals surface area contributed by atoms with Crippen LogP contribution in [0.2, 0.25) is 0 Å². The first kappa shape index (κ1) is 20.3. The zero-order valence-electron chi connectivity index (χ0n) is 16.4. The number of urea groups is 1. The van der Waals surface area contributed by atoms with E-state index in [0.29, 0.717) is 18.4 Å². The average Bonchev–Trinajstić information content (AvgIpc) is 3.02. The van der Waals surface area contributed by atoms with Gasteiger partial charge in [0.05, 0.1) is 5.71 Å². The van der Waals surface area contributed by atoms with Crippen LogP contribution in [0.25, 0.3) is 0 Å². The Morgan fingerprint density at radius 2 is 2.00 bits per heavy atom. The lowest BCUT2D eigenvalue weighted by Crippen LogP contribution is -2.64. The molecule has 0 aliphatic carbocycles. The molecule has 0 bridgehead atoms. The predicted molar refractivity (Wildman–Crippen MR) is 112 cm³/mol. The summed E-state index contributed by atoms with van der Waals surface area (Å²) in [6.07, 6.45) is 0.337. The van der Waals surface area contributed by atoms with Gasteiger partial charge >= 0.3 is 6.03 Å². The Morgan fingerprint density at radius 1 is 1.32 bits per heavy atom. The van der Waals surface area contributed by atoms with Gasteiger partial charge in [-0.1, -0.05) is 41.9 Å². The Morgan fingerprint density at radius 3 is 2.64 bits per heavy atom. The molecule has 9 heteroatoms. The van der Waals surface area contributed by atoms with Crippen LogP contribution < -0.4 is 10.7 Å². The van der Waals surface area contributed by atoms with Crippen LogP contribution in [0.5, 0.6) is 0 Å². The third-order valence-electron chi connectivity index (χ3n) is 4.89. The predicted octanol–water partition coefficient (Wildman–Crippen LogP) is 2.36. The van der Waals surface area contributed by atoms with Crippen molar-refractivity contribution in [1.82, 2.24) is 20.5 Å². The van der Waals surface area contributed by atoms with Gasteiger partial charge in [-0.2, -0.15) is 5.10 Å². The molecule has 2 unspecified atom stereocenters. The number of rotatable bonds is 5. The van der Waals surface area contributed by atoms with Crippen LogP contribution in [0.3, 0.4) is 0 Å². The number of aliphatic imine (C=N–C) groups is 1. The smallest absolute Gasteiger partial charge is 0.325 e. The van der Waals surface area contributed by atoms with Crippen molar-refractivity contribution in [2.45, 2.75) is 39.4 Å². The number of carbonyl (C=O) groups is 2. The third kappa shape index (κ3) is 4.19. The largest absolute Gasteiger partial charge is 0.326 e. The van der Waals surface area contributed by atoms with Gasteiger partial charge in [-0.25, -0.2) is 15.2 Å². The van der Waals surface area contributed by atoms with Crippen LogP contribution in [0.1, 0.15) is 32.8 Å². The lowest BCUT2D eigenvalue weighted by atomic mass is 10.1. The lowest BCUT2D eigenvalue weighted by molar-refractivity contribution is -0.127. The summed E-state index contributed by atoms with van der Waals surface area (Å²) in [5, 5.41) is 6.85. The van der Waals surface area contributed by atoms with Crippen LogP contribution in [-0.2, 0) is 4.79 Å². The molecule has 150 valence electrons. The molecule has 3 rings (SSSR count). The first-order valence-corrected chi connectivity index (χ1v) is 10.1. The number of amides is 3. The molecule has 2 atom stereocenters. The molecule has 0 saturated carbocycles. The molecule has 3 amide bonds. The van der Waals surface area contributed by atoms with Gasteiger partial charge in [0.1, 0.15) is 0 Å². The van der Waals surface area contributed by atoms with Crippen molar-refractivity contribution in [1.29, 1.82) is 0 Å². The molecule has 2 aliphatic heterocycles. The fourth-order valence-corrected chi connectivity index (χ4v) is 3.41. The number of guanidine groups is 1. The van der Waals surface area contributed by atoms with E-state index in [0.717, 1.165) is 22.2 Å². The molecule has 2 N–H and O–H groups in total. The van der Waals surface area contributed by atoms with Crippen molar-refractivity contribution < 1.29 is 9.59 Å². The maximum Gasteiger partial charge on any atom is 0.325 e. The number of likely N-dealkylation sites (N-methyl/N-ethyl adjacent to an activating group) is 1. The highest BCUT2D eigenvalue weighted by Crippen LogP contribution is 2.24. The van der Waals surface area contributed by atoms with Crippen molar-refractivity contribution in [3.8, 4) is 0 Å². The Hall–Kier alpha value is -2.42. The number of carbonyl (C=O) groups excluding carboxylic acids is 2. The minimum atomic E-state index is -0.556. The molecule has 1 fully saturated rings. The zero-order chi connectivity index (χ0) is 20.4. The Kier molecular flexibility index (Phi) is 6.02. The SMILES string of the molecule is C/C(=N\NC1=NC2C(C(=O)NC(=O)N2C)N1CCC(C)C)c1ccc(Br)cc1. The fourth-order valence-electron chi connectivity index (χ4n) is 3.15. The van der Waals surface area contributed by atoms with Crippen molar-refractivity contribution in [3.63, 3.8) is 0 Å². The van der Waals surface area contributed by atoms with Gasteiger partial charge in [0.15, 0.2) is 12.2 Å². The normalized spacial score (nSPS) is 22.4. The minimum absolute atomic E-state index is 0.328. The van der Waals surface area contributed by atoms with Gasteiger partial charge in [0, 0.05) is 18.1 Å². The zero-order valence-corrected chi connectivity index (χ0v) is 18.0. The number of benzene rings is 1. The summed E-state index contributed by atoms with van der Waals surface area (Å²) in [5.74, 6) is 0.647. The second-order valence-corrected chi connectivity index (χ2v) is 8.32. The number of hydrogen-bond donors (Lipinski definition) is 2. The quantitative estimate of drug-likeness (QED) is 0.534. The molecule has 28 heavy (non-hydrogen) atoms. The van der Waals surface area contributed by atoms with E-state index in [1.807, 2.05) is 36.1 Å². The van der Waals surface area contributed by atoms with Gasteiger partial charge in [0.2, 0.25) is 5.96 Å². The van der Waals surface area contributed by atoms with E-state index in [1.54, 1.807) is 7.05 Å². The summed E-state index contributed by atoms with van der Waals surface area (Å²) in [5.41, 5.74) is 4.79. The fraction of sp³-hybridized carbons (Fsp3) is 0.474. The maximum atomic E-state index is 12.5. The molecule has 1 saturated heterocycles. The maximum absolute atomic E-state index is 12.5. The summed E-state index contributed by atoms with van der Waals surface area (Å²) in [7, 11) is 1.64. The summed E-state index contributed by atoms with van der Waals surface area (Å²) in [6, 6.07) is 6.86. The van der Waals surface area contributed by atoms with Crippen molar-refractivity contribution in [2.75, 3.05) is 13.6 Å². The minimum Gasteiger partial charge on any atom is -0.326 e. The lowest BCUT2D eigenvalue weighted by Gasteiger charge is -2.36. The number of imide groups is 1. The topological polar surface area (TPSA) is 89.4 Å². The summed E-state index contributed by atoms with van der Waals surface area (Å²) in [6.45, 7) is 6.81. The Balaban J connectivity index is 1.83. The highest BCUT2D eigenvalue weighted by molar-refractivity contribution is 9.10. The second-order valence-electron chi connectivity index (χ2n) is 7.41. The summed E-state index contributed by atoms with van der Waals surface area (Å²) in [4.78, 5) is 32.4. The van der Waals surface area contributed by atoms with E-state index in [2.05, 4.69) is 50.6 Å². The van der Waals surface area contributed by atoms with Crippen LogP contribution in [-0.4, -0.2) is 59.2 Å². The Bertz CT molecular complexity index is 820. The van der Waals surface area contributed by atoms with E-state index in [-0.39, 0.29) is 5.91 Å². The van der Waals surface area contributed by atoms with Crippen molar-refractivity contribution in [2.24, 2.45) is 16.0 Å². The van der Waals surface area contributed by atoms with Gasteiger partial charge in [0.25, 0.3) is 5.91 Å². The van der Waals surface area contributed by atoms with Crippen LogP contribution in [0, 0.1) is 5.92 Å². The first-order chi connectivity index (χ1) is 13.3. The van der Waals surface area contributed by atoms with E-state index in [1.165, 1.54) is 4.90 Å². The van der Waals surface area contributed by atoms with Gasteiger partial charge in [-0.3, -0.25) is 10.1 Å². The number of hydrazone groups is 1. The molecule has 8 nitrogen and oxygen atoms in total. The Labute approximate surface area is 173 Å². The molecule has 2 aliphatic rings. The van der Waals surface area contributed by atoms with Crippen LogP contribution >= 0.6 is 15.9 Å². The summed E-state index contributed by atoms with van der Waals surface area (Å²) < 4.78 is 1.000. The third-order valence-corrected chi connectivity index (χ3v) is 5.42. The molecule has 0 spiro atoms. The van der Waals surface area contributed by atoms with Gasteiger partial charge in [-0.05, 0) is 37.0 Å². The number of nitrogens with one attached hydrogen (secondary N) is 2. The number of hydrogen-bond acceptors (Lipinski definition) is 6. The van der Waals surface area contributed by atoms with Crippen molar-refractivity contribution >= 4 is 39.5 Å². The molecule has 1 aromatic rings. The molecular formula is C19H25BrN6O2. The first-order valence-electron chi connectivity index (χ1n) is 9.26. The monoisotopic (exact) mass is 448 g/mol.